The maximum Gasteiger partial charge on any atom is 0.345 e. The van der Waals surface area contributed by atoms with Gasteiger partial charge in [-0.05, 0) is 19.1 Å². The second-order valence-corrected chi connectivity index (χ2v) is 2.82. The zero-order chi connectivity index (χ0) is 10.1. The van der Waals surface area contributed by atoms with Crippen LogP contribution < -0.4 is 10.6 Å². The molecule has 0 atom stereocenters. The molecule has 5 heteroatoms. The first-order valence-electron chi connectivity index (χ1n) is 4.00. The molecule has 1 aromatic heterocycles. The molecule has 1 N–H and O–H groups in total. The van der Waals surface area contributed by atoms with Crippen molar-refractivity contribution in [3.63, 3.8) is 0 Å². The molecule has 0 aliphatic carbocycles. The van der Waals surface area contributed by atoms with E-state index in [0.717, 1.165) is 0 Å². The Balaban J connectivity index is 2.29. The molecule has 0 unspecified atom stereocenters. The van der Waals surface area contributed by atoms with Crippen LogP contribution in [0.5, 0.6) is 0 Å². The van der Waals surface area contributed by atoms with Crippen LogP contribution >= 0.6 is 0 Å². The topological polar surface area (TPSA) is 73.4 Å². The van der Waals surface area contributed by atoms with Gasteiger partial charge in [-0.25, -0.2) is 4.79 Å². The van der Waals surface area contributed by atoms with Gasteiger partial charge in [-0.3, -0.25) is 4.79 Å². The second kappa shape index (κ2) is 3.02. The molecule has 2 heterocycles. The number of nitrogens with one attached hydrogen (secondary N) is 1. The lowest BCUT2D eigenvalue weighted by atomic mass is 10.2. The summed E-state index contributed by atoms with van der Waals surface area (Å²) in [5.41, 5.74) is 0.571. The van der Waals surface area contributed by atoms with Crippen LogP contribution in [0, 0.1) is 0 Å². The summed E-state index contributed by atoms with van der Waals surface area (Å²) in [5, 5.41) is 5.97. The van der Waals surface area contributed by atoms with Crippen molar-refractivity contribution in [2.45, 2.75) is 6.92 Å². The summed E-state index contributed by atoms with van der Waals surface area (Å²) in [4.78, 5) is 22.5. The highest BCUT2D eigenvalue weighted by Crippen LogP contribution is 2.13. The van der Waals surface area contributed by atoms with Crippen LogP contribution in [0.3, 0.4) is 0 Å². The Morgan fingerprint density at radius 1 is 1.57 bits per heavy atom. The highest BCUT2D eigenvalue weighted by Gasteiger charge is 2.27. The van der Waals surface area contributed by atoms with E-state index < -0.39 is 6.03 Å². The Hall–Kier alpha value is -2.04. The zero-order valence-electron chi connectivity index (χ0n) is 7.40. The van der Waals surface area contributed by atoms with E-state index in [0.29, 0.717) is 5.70 Å². The van der Waals surface area contributed by atoms with Gasteiger partial charge in [0, 0.05) is 5.70 Å². The van der Waals surface area contributed by atoms with Crippen molar-refractivity contribution in [2.75, 3.05) is 0 Å². The molecule has 0 spiro atoms. The number of amides is 2. The molecule has 1 radical (unpaired) electrons. The molecule has 2 amide bonds. The van der Waals surface area contributed by atoms with E-state index in [9.17, 15) is 9.59 Å². The van der Waals surface area contributed by atoms with Crippen LogP contribution in [0.2, 0.25) is 0 Å². The molecule has 1 aromatic rings. The van der Waals surface area contributed by atoms with E-state index in [1.54, 1.807) is 13.0 Å². The maximum atomic E-state index is 11.6. The van der Waals surface area contributed by atoms with E-state index in [2.05, 4.69) is 10.6 Å². The molecular weight excluding hydrogens is 184 g/mol. The number of nitrogens with zero attached hydrogens (tertiary/aromatic N) is 1. The van der Waals surface area contributed by atoms with Crippen LogP contribution in [-0.2, 0) is 0 Å². The minimum absolute atomic E-state index is 0.116. The van der Waals surface area contributed by atoms with Gasteiger partial charge in [-0.2, -0.15) is 5.32 Å². The lowest BCUT2D eigenvalue weighted by Gasteiger charge is -1.95. The quantitative estimate of drug-likeness (QED) is 0.709. The van der Waals surface area contributed by atoms with Gasteiger partial charge >= 0.3 is 6.03 Å². The summed E-state index contributed by atoms with van der Waals surface area (Å²) < 4.78 is 4.91. The number of ketones is 1. The fourth-order valence-corrected chi connectivity index (χ4v) is 1.18. The highest BCUT2D eigenvalue weighted by molar-refractivity contribution is 6.10. The number of urea groups is 1. The molecular formula is C9H7N2O3. The van der Waals surface area contributed by atoms with Crippen LogP contribution in [-0.4, -0.2) is 11.8 Å². The third-order valence-corrected chi connectivity index (χ3v) is 1.82. The molecule has 1 aliphatic heterocycles. The van der Waals surface area contributed by atoms with Crippen LogP contribution in [0.4, 0.5) is 4.79 Å². The molecule has 0 fully saturated rings. The summed E-state index contributed by atoms with van der Waals surface area (Å²) >= 11 is 0. The van der Waals surface area contributed by atoms with Crippen LogP contribution in [0.25, 0.3) is 0 Å². The second-order valence-electron chi connectivity index (χ2n) is 2.82. The monoisotopic (exact) mass is 191 g/mol. The number of Topliss-reactive ketones (excluding diaryl/α,β-unsaturated/α-hetero) is 1. The molecule has 1 aliphatic rings. The number of allylic oxidation sites excluding steroid dienone is 2. The lowest BCUT2D eigenvalue weighted by molar-refractivity contribution is 0.0998. The third kappa shape index (κ3) is 1.28. The summed E-state index contributed by atoms with van der Waals surface area (Å²) in [5.74, 6) is -0.203. The summed E-state index contributed by atoms with van der Waals surface area (Å²) in [6, 6.07) is 2.62. The lowest BCUT2D eigenvalue weighted by Crippen LogP contribution is -2.19. The first kappa shape index (κ1) is 8.55. The summed E-state index contributed by atoms with van der Waals surface area (Å²) in [6.45, 7) is 1.62. The maximum absolute atomic E-state index is 11.6. The van der Waals surface area contributed by atoms with Crippen molar-refractivity contribution in [2.24, 2.45) is 0 Å². The van der Waals surface area contributed by atoms with Gasteiger partial charge in [-0.1, -0.05) is 0 Å². The van der Waals surface area contributed by atoms with E-state index >= 15 is 0 Å². The third-order valence-electron chi connectivity index (χ3n) is 1.82. The van der Waals surface area contributed by atoms with E-state index in [-0.39, 0.29) is 17.2 Å². The number of carbonyl (C=O) groups is 2. The highest BCUT2D eigenvalue weighted by atomic mass is 16.3. The standard InChI is InChI=1S/C9H7N2O3/c1-5-7(11-9(13)10-5)8(12)6-3-2-4-14-6/h2-4H,1H3,(H,10,13). The molecule has 14 heavy (non-hydrogen) atoms. The average molecular weight is 191 g/mol. The Labute approximate surface area is 79.8 Å². The molecule has 0 aromatic carbocycles. The van der Waals surface area contributed by atoms with Crippen molar-refractivity contribution in [1.29, 1.82) is 0 Å². The number of furan rings is 1. The summed E-state index contributed by atoms with van der Waals surface area (Å²) in [6.07, 6.45) is 1.40. The first-order valence-corrected chi connectivity index (χ1v) is 4.00. The van der Waals surface area contributed by atoms with Gasteiger partial charge in [0.2, 0.25) is 5.78 Å². The first-order chi connectivity index (χ1) is 6.68. The normalized spacial score (nSPS) is 15.4. The van der Waals surface area contributed by atoms with Gasteiger partial charge in [0.15, 0.2) is 5.76 Å². The number of rotatable bonds is 2. The minimum atomic E-state index is -0.516. The number of carbonyl (C=O) groups excluding carboxylic acids is 2. The average Bonchev–Trinajstić information content (AvgIpc) is 2.73. The van der Waals surface area contributed by atoms with Crippen molar-refractivity contribution in [1.82, 2.24) is 10.6 Å². The predicted molar refractivity (Wildman–Crippen MR) is 46.4 cm³/mol. The minimum Gasteiger partial charge on any atom is -0.461 e. The smallest absolute Gasteiger partial charge is 0.345 e. The van der Waals surface area contributed by atoms with Gasteiger partial charge in [-0.15, -0.1) is 0 Å². The molecule has 2 rings (SSSR count). The molecule has 0 bridgehead atoms. The van der Waals surface area contributed by atoms with Gasteiger partial charge in [0.1, 0.15) is 5.70 Å². The van der Waals surface area contributed by atoms with Gasteiger partial charge < -0.3 is 9.73 Å². The fourth-order valence-electron chi connectivity index (χ4n) is 1.18. The Bertz CT molecular complexity index is 417. The van der Waals surface area contributed by atoms with E-state index in [1.165, 1.54) is 12.3 Å². The van der Waals surface area contributed by atoms with E-state index in [4.69, 9.17) is 4.42 Å². The Kier molecular flexibility index (Phi) is 1.85. The Morgan fingerprint density at radius 2 is 2.36 bits per heavy atom. The van der Waals surface area contributed by atoms with Crippen molar-refractivity contribution in [3.8, 4) is 0 Å². The fraction of sp³-hybridized carbons (Fsp3) is 0.111. The van der Waals surface area contributed by atoms with Crippen molar-refractivity contribution >= 4 is 11.8 Å². The van der Waals surface area contributed by atoms with Gasteiger partial charge in [0.25, 0.3) is 0 Å². The molecule has 71 valence electrons. The van der Waals surface area contributed by atoms with Crippen molar-refractivity contribution < 1.29 is 14.0 Å². The summed E-state index contributed by atoms with van der Waals surface area (Å²) in [7, 11) is 0. The van der Waals surface area contributed by atoms with Crippen LogP contribution in [0.1, 0.15) is 17.5 Å². The largest absolute Gasteiger partial charge is 0.461 e. The SMILES string of the molecule is CC1=C(C(=O)c2ccco2)[N]C(=O)N1. The van der Waals surface area contributed by atoms with E-state index in [1.807, 2.05) is 0 Å². The molecule has 0 saturated heterocycles. The zero-order valence-corrected chi connectivity index (χ0v) is 7.40. The Morgan fingerprint density at radius 3 is 2.86 bits per heavy atom. The van der Waals surface area contributed by atoms with Gasteiger partial charge in [0.05, 0.1) is 6.26 Å². The van der Waals surface area contributed by atoms with Crippen molar-refractivity contribution in [3.05, 3.63) is 35.6 Å². The molecule has 0 saturated carbocycles. The number of hydrogen-bond donors (Lipinski definition) is 1. The molecule has 5 nitrogen and oxygen atoms in total. The van der Waals surface area contributed by atoms with Crippen LogP contribution in [0.15, 0.2) is 34.2 Å². The number of hydrogen-bond acceptors (Lipinski definition) is 3. The predicted octanol–water partition coefficient (Wildman–Crippen LogP) is 1.02.